The van der Waals surface area contributed by atoms with Crippen LogP contribution in [0, 0.1) is 6.07 Å². The molecule has 0 nitrogen and oxygen atoms in total. The standard InChI is InChI=1S/C7H6FS/c8-5-6-3-1-2-4-7(6)9/h1-2,4,9H,5H2. The van der Waals surface area contributed by atoms with Gasteiger partial charge >= 0.3 is 0 Å². The molecule has 0 spiro atoms. The number of rotatable bonds is 1. The average Bonchev–Trinajstić information content (AvgIpc) is 1.89. The van der Waals surface area contributed by atoms with Crippen LogP contribution in [0.2, 0.25) is 0 Å². The number of hydrogen-bond acceptors (Lipinski definition) is 1. The minimum atomic E-state index is -0.486. The molecule has 0 saturated heterocycles. The van der Waals surface area contributed by atoms with E-state index in [0.717, 1.165) is 0 Å². The van der Waals surface area contributed by atoms with E-state index in [-0.39, 0.29) is 0 Å². The summed E-state index contributed by atoms with van der Waals surface area (Å²) in [6, 6.07) is 7.93. The second kappa shape index (κ2) is 2.87. The van der Waals surface area contributed by atoms with Crippen molar-refractivity contribution in [2.45, 2.75) is 11.6 Å². The molecule has 47 valence electrons. The average molecular weight is 141 g/mol. The number of thiol groups is 1. The van der Waals surface area contributed by atoms with Crippen molar-refractivity contribution >= 4 is 12.6 Å². The lowest BCUT2D eigenvalue weighted by molar-refractivity contribution is 0.479. The second-order valence-corrected chi connectivity index (χ2v) is 2.15. The van der Waals surface area contributed by atoms with Gasteiger partial charge < -0.3 is 0 Å². The summed E-state index contributed by atoms with van der Waals surface area (Å²) in [6.45, 7) is -0.486. The van der Waals surface area contributed by atoms with Gasteiger partial charge in [0.15, 0.2) is 0 Å². The third-order valence-electron chi connectivity index (χ3n) is 1.05. The van der Waals surface area contributed by atoms with Gasteiger partial charge in [-0.2, -0.15) is 0 Å². The first-order valence-corrected chi connectivity index (χ1v) is 3.04. The topological polar surface area (TPSA) is 0 Å². The Hall–Kier alpha value is -0.500. The molecule has 0 aliphatic rings. The molecule has 0 heterocycles. The molecule has 0 amide bonds. The van der Waals surface area contributed by atoms with Crippen LogP contribution in [0.3, 0.4) is 0 Å². The molecular weight excluding hydrogens is 135 g/mol. The van der Waals surface area contributed by atoms with Crippen LogP contribution in [0.25, 0.3) is 0 Å². The highest BCUT2D eigenvalue weighted by atomic mass is 32.1. The number of benzene rings is 1. The Morgan fingerprint density at radius 3 is 2.89 bits per heavy atom. The van der Waals surface area contributed by atoms with Crippen LogP contribution in [-0.4, -0.2) is 0 Å². The molecule has 0 aliphatic carbocycles. The van der Waals surface area contributed by atoms with Crippen LogP contribution in [0.15, 0.2) is 23.1 Å². The van der Waals surface area contributed by atoms with Crippen molar-refractivity contribution in [3.8, 4) is 0 Å². The van der Waals surface area contributed by atoms with Gasteiger partial charge in [-0.1, -0.05) is 12.1 Å². The van der Waals surface area contributed by atoms with Gasteiger partial charge in [0.2, 0.25) is 0 Å². The van der Waals surface area contributed by atoms with Crippen molar-refractivity contribution in [2.75, 3.05) is 0 Å². The predicted molar refractivity (Wildman–Crippen MR) is 37.3 cm³/mol. The van der Waals surface area contributed by atoms with Gasteiger partial charge in [0.05, 0.1) is 0 Å². The highest BCUT2D eigenvalue weighted by Crippen LogP contribution is 2.12. The van der Waals surface area contributed by atoms with Crippen LogP contribution in [0.1, 0.15) is 5.56 Å². The molecule has 0 aromatic heterocycles. The van der Waals surface area contributed by atoms with E-state index in [1.54, 1.807) is 18.2 Å². The Kier molecular flexibility index (Phi) is 2.11. The third kappa shape index (κ3) is 1.45. The predicted octanol–water partition coefficient (Wildman–Crippen LogP) is 2.24. The summed E-state index contributed by atoms with van der Waals surface area (Å²) in [5.74, 6) is 0. The van der Waals surface area contributed by atoms with E-state index in [2.05, 4.69) is 18.7 Å². The molecule has 9 heavy (non-hydrogen) atoms. The molecule has 0 atom stereocenters. The molecular formula is C7H6FS. The molecule has 0 fully saturated rings. The van der Waals surface area contributed by atoms with Crippen LogP contribution in [0.4, 0.5) is 4.39 Å². The Morgan fingerprint density at radius 1 is 1.67 bits per heavy atom. The number of alkyl halides is 1. The molecule has 1 rings (SSSR count). The summed E-state index contributed by atoms with van der Waals surface area (Å²) in [5.41, 5.74) is 0.529. The first-order valence-electron chi connectivity index (χ1n) is 2.59. The van der Waals surface area contributed by atoms with Crippen molar-refractivity contribution in [1.29, 1.82) is 0 Å². The molecule has 1 aromatic carbocycles. The van der Waals surface area contributed by atoms with Crippen LogP contribution in [-0.2, 0) is 6.67 Å². The van der Waals surface area contributed by atoms with Gasteiger partial charge in [-0.3, -0.25) is 0 Å². The summed E-state index contributed by atoms with van der Waals surface area (Å²) in [6.07, 6.45) is 0. The highest BCUT2D eigenvalue weighted by molar-refractivity contribution is 7.80. The van der Waals surface area contributed by atoms with Gasteiger partial charge in [0.25, 0.3) is 0 Å². The normalized spacial score (nSPS) is 9.56. The van der Waals surface area contributed by atoms with Crippen LogP contribution >= 0.6 is 12.6 Å². The van der Waals surface area contributed by atoms with Gasteiger partial charge in [-0.15, -0.1) is 12.6 Å². The molecule has 0 bridgehead atoms. The number of halogens is 1. The molecule has 0 aliphatic heterocycles. The van der Waals surface area contributed by atoms with Crippen molar-refractivity contribution in [2.24, 2.45) is 0 Å². The van der Waals surface area contributed by atoms with E-state index >= 15 is 0 Å². The fourth-order valence-electron chi connectivity index (χ4n) is 0.570. The van der Waals surface area contributed by atoms with E-state index in [9.17, 15) is 4.39 Å². The Bertz CT molecular complexity index is 198. The highest BCUT2D eigenvalue weighted by Gasteiger charge is 1.93. The monoisotopic (exact) mass is 141 g/mol. The van der Waals surface area contributed by atoms with Gasteiger partial charge in [0.1, 0.15) is 6.67 Å². The smallest absolute Gasteiger partial charge is 0.116 e. The molecule has 1 aromatic rings. The van der Waals surface area contributed by atoms with Crippen molar-refractivity contribution in [3.05, 3.63) is 29.8 Å². The van der Waals surface area contributed by atoms with E-state index in [1.807, 2.05) is 0 Å². The molecule has 2 heteroatoms. The lowest BCUT2D eigenvalue weighted by Gasteiger charge is -1.94. The maximum atomic E-state index is 11.9. The fourth-order valence-corrected chi connectivity index (χ4v) is 0.780. The largest absolute Gasteiger partial charge is 0.246 e. The summed E-state index contributed by atoms with van der Waals surface area (Å²) in [7, 11) is 0. The second-order valence-electron chi connectivity index (χ2n) is 1.67. The van der Waals surface area contributed by atoms with Gasteiger partial charge in [-0.05, 0) is 12.1 Å². The fraction of sp³-hybridized carbons (Fsp3) is 0.143. The van der Waals surface area contributed by atoms with Gasteiger partial charge in [-0.25, -0.2) is 4.39 Å². The van der Waals surface area contributed by atoms with E-state index in [0.29, 0.717) is 10.5 Å². The molecule has 0 saturated carbocycles. The van der Waals surface area contributed by atoms with E-state index < -0.39 is 6.67 Å². The minimum Gasteiger partial charge on any atom is -0.246 e. The quantitative estimate of drug-likeness (QED) is 0.570. The lowest BCUT2D eigenvalue weighted by Crippen LogP contribution is -1.78. The molecule has 1 radical (unpaired) electrons. The zero-order valence-electron chi connectivity index (χ0n) is 4.76. The van der Waals surface area contributed by atoms with Crippen molar-refractivity contribution < 1.29 is 4.39 Å². The van der Waals surface area contributed by atoms with Gasteiger partial charge in [0, 0.05) is 10.5 Å². The van der Waals surface area contributed by atoms with E-state index in [1.165, 1.54) is 0 Å². The summed E-state index contributed by atoms with van der Waals surface area (Å²) >= 11 is 4.01. The summed E-state index contributed by atoms with van der Waals surface area (Å²) in [4.78, 5) is 0.667. The molecule has 0 N–H and O–H groups in total. The zero-order valence-corrected chi connectivity index (χ0v) is 5.66. The first-order chi connectivity index (χ1) is 4.34. The lowest BCUT2D eigenvalue weighted by atomic mass is 10.2. The Labute approximate surface area is 59.1 Å². The van der Waals surface area contributed by atoms with Crippen molar-refractivity contribution in [3.63, 3.8) is 0 Å². The maximum absolute atomic E-state index is 11.9. The van der Waals surface area contributed by atoms with E-state index in [4.69, 9.17) is 0 Å². The Morgan fingerprint density at radius 2 is 2.44 bits per heavy atom. The third-order valence-corrected chi connectivity index (χ3v) is 1.47. The van der Waals surface area contributed by atoms with Crippen molar-refractivity contribution in [1.82, 2.24) is 0 Å². The molecule has 0 unspecified atom stereocenters. The number of hydrogen-bond donors (Lipinski definition) is 1. The first kappa shape index (κ1) is 6.62. The summed E-state index contributed by atoms with van der Waals surface area (Å²) < 4.78 is 11.9. The van der Waals surface area contributed by atoms with Crippen LogP contribution < -0.4 is 0 Å². The zero-order chi connectivity index (χ0) is 6.69. The maximum Gasteiger partial charge on any atom is 0.116 e. The van der Waals surface area contributed by atoms with Crippen LogP contribution in [0.5, 0.6) is 0 Å². The SMILES string of the molecule is FCc1[c]cccc1S. The Balaban J connectivity index is 3.01. The summed E-state index contributed by atoms with van der Waals surface area (Å²) in [5, 5.41) is 0. The minimum absolute atomic E-state index is 0.486.